The number of aromatic nitrogens is 1. The van der Waals surface area contributed by atoms with Crippen LogP contribution in [0.15, 0.2) is 54.7 Å². The molecule has 1 aliphatic carbocycles. The van der Waals surface area contributed by atoms with Crippen molar-refractivity contribution in [2.45, 2.75) is 25.2 Å². The Morgan fingerprint density at radius 3 is 2.54 bits per heavy atom. The van der Waals surface area contributed by atoms with E-state index in [2.05, 4.69) is 10.3 Å². The first-order valence-corrected chi connectivity index (χ1v) is 8.61. The van der Waals surface area contributed by atoms with Crippen LogP contribution in [-0.2, 0) is 11.2 Å². The van der Waals surface area contributed by atoms with Crippen LogP contribution in [0.3, 0.4) is 0 Å². The van der Waals surface area contributed by atoms with Crippen LogP contribution in [-0.4, -0.2) is 29.1 Å². The highest BCUT2D eigenvalue weighted by Crippen LogP contribution is 2.42. The van der Waals surface area contributed by atoms with Gasteiger partial charge in [-0.05, 0) is 42.9 Å². The van der Waals surface area contributed by atoms with Gasteiger partial charge in [0.1, 0.15) is 0 Å². The predicted octanol–water partition coefficient (Wildman–Crippen LogP) is 2.54. The number of nitrogens with one attached hydrogen (secondary N) is 1. The molecule has 4 nitrogen and oxygen atoms in total. The van der Waals surface area contributed by atoms with Crippen LogP contribution in [0.1, 0.15) is 30.0 Å². The number of nitrogens with zero attached hydrogens (tertiary/aromatic N) is 1. The molecule has 2 unspecified atom stereocenters. The number of amides is 1. The zero-order chi connectivity index (χ0) is 16.8. The lowest BCUT2D eigenvalue weighted by atomic mass is 9.93. The van der Waals surface area contributed by atoms with E-state index in [9.17, 15) is 9.90 Å². The Hall–Kier alpha value is -2.20. The molecule has 24 heavy (non-hydrogen) atoms. The van der Waals surface area contributed by atoms with E-state index in [0.717, 1.165) is 24.1 Å². The standard InChI is InChI=1S/C20H24N2O2/c23-14-15(12-18-8-4-5-11-21-18)13-22-20(24)19(17-9-10-17)16-6-2-1-3-7-16/h1-8,11,15,17,19,23H,9-10,12-14H2,(H,22,24). The summed E-state index contributed by atoms with van der Waals surface area (Å²) in [6, 6.07) is 15.7. The summed E-state index contributed by atoms with van der Waals surface area (Å²) < 4.78 is 0. The fraction of sp³-hybridized carbons (Fsp3) is 0.400. The maximum atomic E-state index is 12.7. The van der Waals surface area contributed by atoms with Gasteiger partial charge in [-0.2, -0.15) is 0 Å². The summed E-state index contributed by atoms with van der Waals surface area (Å²) in [4.78, 5) is 17.0. The minimum atomic E-state index is -0.0691. The lowest BCUT2D eigenvalue weighted by Gasteiger charge is -2.19. The number of hydrogen-bond acceptors (Lipinski definition) is 3. The first-order chi connectivity index (χ1) is 11.8. The van der Waals surface area contributed by atoms with E-state index in [1.54, 1.807) is 6.20 Å². The quantitative estimate of drug-likeness (QED) is 0.784. The molecule has 1 aromatic heterocycles. The summed E-state index contributed by atoms with van der Waals surface area (Å²) in [7, 11) is 0. The van der Waals surface area contributed by atoms with Gasteiger partial charge in [-0.25, -0.2) is 0 Å². The van der Waals surface area contributed by atoms with Gasteiger partial charge < -0.3 is 10.4 Å². The highest BCUT2D eigenvalue weighted by atomic mass is 16.3. The molecule has 1 amide bonds. The van der Waals surface area contributed by atoms with E-state index in [4.69, 9.17) is 0 Å². The predicted molar refractivity (Wildman–Crippen MR) is 93.4 cm³/mol. The van der Waals surface area contributed by atoms with Gasteiger partial charge in [0, 0.05) is 31.0 Å². The summed E-state index contributed by atoms with van der Waals surface area (Å²) in [5, 5.41) is 12.6. The molecular weight excluding hydrogens is 300 g/mol. The zero-order valence-corrected chi connectivity index (χ0v) is 13.8. The Morgan fingerprint density at radius 2 is 1.92 bits per heavy atom. The van der Waals surface area contributed by atoms with Crippen LogP contribution in [0.4, 0.5) is 0 Å². The molecule has 4 heteroatoms. The van der Waals surface area contributed by atoms with Gasteiger partial charge in [0.25, 0.3) is 0 Å². The van der Waals surface area contributed by atoms with E-state index >= 15 is 0 Å². The van der Waals surface area contributed by atoms with Crippen LogP contribution in [0.25, 0.3) is 0 Å². The average Bonchev–Trinajstić information content (AvgIpc) is 3.45. The number of aliphatic hydroxyl groups excluding tert-OH is 1. The third kappa shape index (κ3) is 4.42. The largest absolute Gasteiger partial charge is 0.396 e. The summed E-state index contributed by atoms with van der Waals surface area (Å²) in [6.45, 7) is 0.512. The summed E-state index contributed by atoms with van der Waals surface area (Å²) in [6.07, 6.45) is 4.65. The summed E-state index contributed by atoms with van der Waals surface area (Å²) >= 11 is 0. The van der Waals surface area contributed by atoms with Crippen molar-refractivity contribution in [3.05, 3.63) is 66.0 Å². The maximum Gasteiger partial charge on any atom is 0.227 e. The van der Waals surface area contributed by atoms with Crippen LogP contribution in [0, 0.1) is 11.8 Å². The van der Waals surface area contributed by atoms with Crippen molar-refractivity contribution in [2.75, 3.05) is 13.2 Å². The van der Waals surface area contributed by atoms with Crippen molar-refractivity contribution >= 4 is 5.91 Å². The Bertz CT molecular complexity index is 641. The van der Waals surface area contributed by atoms with Gasteiger partial charge in [0.15, 0.2) is 0 Å². The maximum absolute atomic E-state index is 12.7. The first-order valence-electron chi connectivity index (χ1n) is 8.61. The zero-order valence-electron chi connectivity index (χ0n) is 13.8. The fourth-order valence-corrected chi connectivity index (χ4v) is 3.10. The monoisotopic (exact) mass is 324 g/mol. The molecule has 0 bridgehead atoms. The number of benzene rings is 1. The van der Waals surface area contributed by atoms with Crippen LogP contribution in [0.2, 0.25) is 0 Å². The number of aliphatic hydroxyl groups is 1. The van der Waals surface area contributed by atoms with Crippen LogP contribution >= 0.6 is 0 Å². The number of rotatable bonds is 8. The Labute approximate surface area is 142 Å². The SMILES string of the molecule is O=C(NCC(CO)Cc1ccccn1)C(c1ccccc1)C1CC1. The minimum Gasteiger partial charge on any atom is -0.396 e. The molecule has 1 fully saturated rings. The lowest BCUT2D eigenvalue weighted by molar-refractivity contribution is -0.123. The molecule has 126 valence electrons. The molecule has 1 heterocycles. The van der Waals surface area contributed by atoms with Crippen molar-refractivity contribution in [3.8, 4) is 0 Å². The van der Waals surface area contributed by atoms with Gasteiger partial charge in [0.2, 0.25) is 5.91 Å². The molecular formula is C20H24N2O2. The van der Waals surface area contributed by atoms with Gasteiger partial charge >= 0.3 is 0 Å². The van der Waals surface area contributed by atoms with E-state index < -0.39 is 0 Å². The van der Waals surface area contributed by atoms with Crippen molar-refractivity contribution in [1.29, 1.82) is 0 Å². The first kappa shape index (κ1) is 16.7. The molecule has 0 spiro atoms. The topological polar surface area (TPSA) is 62.2 Å². The molecule has 2 aromatic rings. The summed E-state index contributed by atoms with van der Waals surface area (Å²) in [5.41, 5.74) is 2.02. The van der Waals surface area contributed by atoms with E-state index in [1.165, 1.54) is 0 Å². The van der Waals surface area contributed by atoms with Crippen molar-refractivity contribution in [3.63, 3.8) is 0 Å². The van der Waals surface area contributed by atoms with Crippen molar-refractivity contribution in [1.82, 2.24) is 10.3 Å². The Morgan fingerprint density at radius 1 is 1.17 bits per heavy atom. The third-order valence-corrected chi connectivity index (χ3v) is 4.58. The third-order valence-electron chi connectivity index (χ3n) is 4.58. The van der Waals surface area contributed by atoms with Gasteiger partial charge in [-0.15, -0.1) is 0 Å². The highest BCUT2D eigenvalue weighted by Gasteiger charge is 2.37. The molecule has 0 saturated heterocycles. The molecule has 0 aliphatic heterocycles. The Kier molecular flexibility index (Phi) is 5.59. The van der Waals surface area contributed by atoms with Gasteiger partial charge in [-0.1, -0.05) is 36.4 Å². The number of carbonyl (C=O) groups is 1. The van der Waals surface area contributed by atoms with E-state index in [1.807, 2.05) is 48.5 Å². The fourth-order valence-electron chi connectivity index (χ4n) is 3.10. The molecule has 0 radical (unpaired) electrons. The van der Waals surface area contributed by atoms with Crippen LogP contribution < -0.4 is 5.32 Å². The molecule has 1 aromatic carbocycles. The summed E-state index contributed by atoms with van der Waals surface area (Å²) in [5.74, 6) is 0.443. The Balaban J connectivity index is 1.58. The van der Waals surface area contributed by atoms with Crippen molar-refractivity contribution < 1.29 is 9.90 Å². The second-order valence-electron chi connectivity index (χ2n) is 6.54. The number of hydrogen-bond donors (Lipinski definition) is 2. The lowest BCUT2D eigenvalue weighted by Crippen LogP contribution is -2.36. The molecule has 2 atom stereocenters. The average molecular weight is 324 g/mol. The van der Waals surface area contributed by atoms with Crippen molar-refractivity contribution in [2.24, 2.45) is 11.8 Å². The highest BCUT2D eigenvalue weighted by molar-refractivity contribution is 5.84. The molecule has 2 N–H and O–H groups in total. The van der Waals surface area contributed by atoms with Gasteiger partial charge in [0.05, 0.1) is 5.92 Å². The number of carbonyl (C=O) groups excluding carboxylic acids is 1. The molecule has 1 aliphatic rings. The molecule has 3 rings (SSSR count). The minimum absolute atomic E-state index is 0.0144. The van der Waals surface area contributed by atoms with E-state index in [-0.39, 0.29) is 24.3 Å². The second-order valence-corrected chi connectivity index (χ2v) is 6.54. The number of pyridine rings is 1. The smallest absolute Gasteiger partial charge is 0.227 e. The van der Waals surface area contributed by atoms with E-state index in [0.29, 0.717) is 18.9 Å². The van der Waals surface area contributed by atoms with Gasteiger partial charge in [-0.3, -0.25) is 9.78 Å². The normalized spacial score (nSPS) is 16.4. The second kappa shape index (κ2) is 8.06. The van der Waals surface area contributed by atoms with Crippen LogP contribution in [0.5, 0.6) is 0 Å². The molecule has 1 saturated carbocycles.